The lowest BCUT2D eigenvalue weighted by molar-refractivity contribution is 0.637. The van der Waals surface area contributed by atoms with Gasteiger partial charge in [-0.1, -0.05) is 0 Å². The van der Waals surface area contributed by atoms with Crippen molar-refractivity contribution in [1.82, 2.24) is 0 Å². The van der Waals surface area contributed by atoms with Gasteiger partial charge < -0.3 is 0 Å². The van der Waals surface area contributed by atoms with E-state index in [2.05, 4.69) is 4.85 Å². The van der Waals surface area contributed by atoms with E-state index in [1.165, 1.54) is 0 Å². The molecule has 0 heterocycles. The van der Waals surface area contributed by atoms with Crippen LogP contribution in [-0.4, -0.2) is 0 Å². The number of allylic oxidation sites excluding steroid dienone is 1. The van der Waals surface area contributed by atoms with E-state index in [9.17, 15) is 4.39 Å². The summed E-state index contributed by atoms with van der Waals surface area (Å²) in [7, 11) is 0. The summed E-state index contributed by atoms with van der Waals surface area (Å²) in [5, 5.41) is -0.389. The van der Waals surface area contributed by atoms with Crippen LogP contribution in [0.2, 0.25) is 0 Å². The first kappa shape index (κ1) is 6.45. The van der Waals surface area contributed by atoms with Gasteiger partial charge in [0.25, 0.3) is 5.16 Å². The molecule has 0 aromatic rings. The second kappa shape index (κ2) is 2.59. The summed E-state index contributed by atoms with van der Waals surface area (Å²) >= 11 is 4.95. The molecule has 0 aliphatic rings. The lowest BCUT2D eigenvalue weighted by atomic mass is 10.7. The molecule has 0 aromatic carbocycles. The van der Waals surface area contributed by atoms with Gasteiger partial charge in [0.1, 0.15) is 5.83 Å². The molecule has 0 radical (unpaired) electrons. The third-order valence-corrected chi connectivity index (χ3v) is 0.727. The first-order valence-electron chi connectivity index (χ1n) is 1.58. The summed E-state index contributed by atoms with van der Waals surface area (Å²) in [6, 6.07) is 0. The van der Waals surface area contributed by atoms with Crippen LogP contribution in [0.1, 0.15) is 6.92 Å². The Hall–Kier alpha value is -0.550. The largest absolute Gasteiger partial charge is 0.282 e. The summed E-state index contributed by atoms with van der Waals surface area (Å²) in [5.74, 6) is -0.628. The van der Waals surface area contributed by atoms with Gasteiger partial charge in [-0.3, -0.25) is 0 Å². The van der Waals surface area contributed by atoms with Gasteiger partial charge in [0.2, 0.25) is 0 Å². The molecule has 0 saturated heterocycles. The van der Waals surface area contributed by atoms with Crippen molar-refractivity contribution in [2.75, 3.05) is 0 Å². The van der Waals surface area contributed by atoms with E-state index in [0.717, 1.165) is 6.92 Å². The van der Waals surface area contributed by atoms with Crippen LogP contribution < -0.4 is 0 Å². The van der Waals surface area contributed by atoms with E-state index in [-0.39, 0.29) is 5.16 Å². The Morgan fingerprint density at radius 1 is 1.86 bits per heavy atom. The van der Waals surface area contributed by atoms with Crippen molar-refractivity contribution in [2.24, 2.45) is 0 Å². The maximum absolute atomic E-state index is 11.6. The molecule has 38 valence electrons. The minimum absolute atomic E-state index is 0.389. The number of hydrogen-bond acceptors (Lipinski definition) is 0. The van der Waals surface area contributed by atoms with Crippen LogP contribution in [0.15, 0.2) is 11.0 Å². The second-order valence-corrected chi connectivity index (χ2v) is 1.29. The summed E-state index contributed by atoms with van der Waals surface area (Å²) < 4.78 is 11.6. The van der Waals surface area contributed by atoms with Gasteiger partial charge in [-0.15, -0.1) is 11.6 Å². The Kier molecular flexibility index (Phi) is 2.39. The molecule has 0 bridgehead atoms. The molecule has 0 saturated carbocycles. The highest BCUT2D eigenvalue weighted by Gasteiger charge is 1.91. The molecule has 0 fully saturated rings. The third-order valence-electron chi connectivity index (χ3n) is 0.382. The molecule has 1 nitrogen and oxygen atoms in total. The minimum atomic E-state index is -0.628. The molecule has 0 unspecified atom stereocenters. The number of hydrogen-bond donors (Lipinski definition) is 0. The lowest BCUT2D eigenvalue weighted by Gasteiger charge is -1.78. The van der Waals surface area contributed by atoms with Crippen LogP contribution in [0.3, 0.4) is 0 Å². The highest BCUT2D eigenvalue weighted by Crippen LogP contribution is 2.09. The maximum atomic E-state index is 11.6. The number of nitrogens with zero attached hydrogens (tertiary/aromatic N) is 1. The molecule has 0 atom stereocenters. The fraction of sp³-hybridized carbons (Fsp3) is 0.250. The molecule has 0 rings (SSSR count). The van der Waals surface area contributed by atoms with Crippen LogP contribution >= 0.6 is 11.6 Å². The summed E-state index contributed by atoms with van der Waals surface area (Å²) in [4.78, 5) is 2.61. The first-order valence-corrected chi connectivity index (χ1v) is 1.95. The predicted molar refractivity (Wildman–Crippen MR) is 26.3 cm³/mol. The lowest BCUT2D eigenvalue weighted by Crippen LogP contribution is -1.60. The smallest absolute Gasteiger partial charge is 0.224 e. The second-order valence-electron chi connectivity index (χ2n) is 0.936. The molecule has 0 aromatic heterocycles. The topological polar surface area (TPSA) is 4.36 Å². The van der Waals surface area contributed by atoms with Crippen molar-refractivity contribution in [2.45, 2.75) is 6.92 Å². The van der Waals surface area contributed by atoms with Crippen LogP contribution in [0.4, 0.5) is 4.39 Å². The molecule has 7 heavy (non-hydrogen) atoms. The first-order chi connectivity index (χ1) is 3.18. The van der Waals surface area contributed by atoms with E-state index in [1.807, 2.05) is 0 Å². The van der Waals surface area contributed by atoms with Gasteiger partial charge in [0.15, 0.2) is 0 Å². The fourth-order valence-electron chi connectivity index (χ4n) is 0.0770. The average Bonchev–Trinajstić information content (AvgIpc) is 1.65. The van der Waals surface area contributed by atoms with Gasteiger partial charge in [-0.2, -0.15) is 0 Å². The summed E-state index contributed by atoms with van der Waals surface area (Å²) in [5.41, 5.74) is 0. The zero-order chi connectivity index (χ0) is 5.86. The zero-order valence-corrected chi connectivity index (χ0v) is 4.46. The Labute approximate surface area is 46.2 Å². The highest BCUT2D eigenvalue weighted by molar-refractivity contribution is 6.30. The summed E-state index contributed by atoms with van der Waals surface area (Å²) in [6.45, 7) is 7.27. The predicted octanol–water partition coefficient (Wildman–Crippen LogP) is 2.30. The molecular weight excluding hydrogens is 117 g/mol. The van der Waals surface area contributed by atoms with Crippen molar-refractivity contribution in [1.29, 1.82) is 0 Å². The van der Waals surface area contributed by atoms with Crippen LogP contribution in [0.5, 0.6) is 0 Å². The normalized spacial score (nSPS) is 12.3. The van der Waals surface area contributed by atoms with Crippen molar-refractivity contribution in [3.05, 3.63) is 22.4 Å². The van der Waals surface area contributed by atoms with Gasteiger partial charge in [-0.05, 0) is 6.92 Å². The number of halogens is 2. The SMILES string of the molecule is [C-]#[N+]/C(Cl)=C(\C)F. The Balaban J connectivity index is 4.07. The van der Waals surface area contributed by atoms with E-state index in [4.69, 9.17) is 18.2 Å². The van der Waals surface area contributed by atoms with Crippen molar-refractivity contribution in [3.63, 3.8) is 0 Å². The molecule has 0 N–H and O–H groups in total. The molecule has 0 amide bonds. The quantitative estimate of drug-likeness (QED) is 0.341. The van der Waals surface area contributed by atoms with E-state index < -0.39 is 5.83 Å². The molecule has 3 heteroatoms. The molecule has 0 spiro atoms. The summed E-state index contributed by atoms with van der Waals surface area (Å²) in [6.07, 6.45) is 0. The fourth-order valence-corrected chi connectivity index (χ4v) is 0.0770. The van der Waals surface area contributed by atoms with Crippen LogP contribution in [-0.2, 0) is 0 Å². The highest BCUT2D eigenvalue weighted by atomic mass is 35.5. The van der Waals surface area contributed by atoms with E-state index in [0.29, 0.717) is 0 Å². The Bertz CT molecular complexity index is 129. The van der Waals surface area contributed by atoms with E-state index >= 15 is 0 Å². The van der Waals surface area contributed by atoms with E-state index in [1.54, 1.807) is 0 Å². The van der Waals surface area contributed by atoms with Crippen LogP contribution in [0, 0.1) is 6.57 Å². The van der Waals surface area contributed by atoms with Crippen molar-refractivity contribution >= 4 is 11.6 Å². The van der Waals surface area contributed by atoms with Crippen LogP contribution in [0.25, 0.3) is 4.85 Å². The third kappa shape index (κ3) is 2.18. The van der Waals surface area contributed by atoms with Gasteiger partial charge in [0.05, 0.1) is 6.57 Å². The number of rotatable bonds is 0. The Morgan fingerprint density at radius 2 is 2.29 bits per heavy atom. The van der Waals surface area contributed by atoms with Gasteiger partial charge in [-0.25, -0.2) is 9.24 Å². The zero-order valence-electron chi connectivity index (χ0n) is 3.70. The van der Waals surface area contributed by atoms with Crippen molar-refractivity contribution in [3.8, 4) is 0 Å². The average molecular weight is 120 g/mol. The van der Waals surface area contributed by atoms with Crippen molar-refractivity contribution < 1.29 is 4.39 Å². The molecular formula is C4H3ClFN. The maximum Gasteiger partial charge on any atom is 0.282 e. The standard InChI is InChI=1S/C4H3ClFN/c1-3(6)4(5)7-2/h1H3/b4-3+. The Morgan fingerprint density at radius 3 is 2.29 bits per heavy atom. The minimum Gasteiger partial charge on any atom is -0.224 e. The van der Waals surface area contributed by atoms with Gasteiger partial charge in [0, 0.05) is 0 Å². The molecule has 0 aliphatic heterocycles. The monoisotopic (exact) mass is 119 g/mol. The molecule has 0 aliphatic carbocycles. The van der Waals surface area contributed by atoms with Gasteiger partial charge >= 0.3 is 0 Å².